The quantitative estimate of drug-likeness (QED) is 0.496. The van der Waals surface area contributed by atoms with E-state index >= 15 is 0 Å². The molecule has 2 aromatic carbocycles. The summed E-state index contributed by atoms with van der Waals surface area (Å²) in [7, 11) is 1.66. The molecule has 162 valence electrons. The van der Waals surface area contributed by atoms with E-state index in [0.29, 0.717) is 11.8 Å². The standard InChI is InChI=1S/C24H28N4O2S/c1-17-8-6-7-11-21(17)25-22(29)16-31-24-27-26-23(18-12-14-20(30-2)15-13-18)28(24)19-9-4-3-5-10-19/h6-8,11-15,19H,3-5,9-10,16H2,1-2H3,(H,25,29). The molecule has 6 nitrogen and oxygen atoms in total. The smallest absolute Gasteiger partial charge is 0.234 e. The van der Waals surface area contributed by atoms with Crippen molar-refractivity contribution in [1.29, 1.82) is 0 Å². The number of carbonyl (C=O) groups is 1. The average Bonchev–Trinajstić information content (AvgIpc) is 3.24. The maximum atomic E-state index is 12.6. The molecule has 4 rings (SSSR count). The predicted octanol–water partition coefficient (Wildman–Crippen LogP) is 5.50. The highest BCUT2D eigenvalue weighted by molar-refractivity contribution is 7.99. The molecule has 1 amide bonds. The summed E-state index contributed by atoms with van der Waals surface area (Å²) in [5.41, 5.74) is 2.91. The summed E-state index contributed by atoms with van der Waals surface area (Å²) in [4.78, 5) is 12.6. The lowest BCUT2D eigenvalue weighted by molar-refractivity contribution is -0.113. The zero-order valence-corrected chi connectivity index (χ0v) is 18.8. The Kier molecular flexibility index (Phi) is 6.92. The largest absolute Gasteiger partial charge is 0.497 e. The fourth-order valence-electron chi connectivity index (χ4n) is 4.01. The fraction of sp³-hybridized carbons (Fsp3) is 0.375. The minimum atomic E-state index is -0.0384. The Labute approximate surface area is 187 Å². The lowest BCUT2D eigenvalue weighted by Crippen LogP contribution is -2.17. The summed E-state index contributed by atoms with van der Waals surface area (Å²) < 4.78 is 7.53. The Bertz CT molecular complexity index is 1030. The number of nitrogens with zero attached hydrogens (tertiary/aromatic N) is 3. The van der Waals surface area contributed by atoms with Crippen molar-refractivity contribution < 1.29 is 9.53 Å². The van der Waals surface area contributed by atoms with Gasteiger partial charge in [-0.25, -0.2) is 0 Å². The van der Waals surface area contributed by atoms with Crippen LogP contribution in [0.1, 0.15) is 43.7 Å². The van der Waals surface area contributed by atoms with Gasteiger partial charge in [-0.2, -0.15) is 0 Å². The van der Waals surface area contributed by atoms with Gasteiger partial charge in [0.15, 0.2) is 11.0 Å². The molecule has 1 aromatic heterocycles. The van der Waals surface area contributed by atoms with Gasteiger partial charge in [0.25, 0.3) is 0 Å². The van der Waals surface area contributed by atoms with Gasteiger partial charge in [0.1, 0.15) is 5.75 Å². The number of thioether (sulfide) groups is 1. The number of amides is 1. The van der Waals surface area contributed by atoms with Gasteiger partial charge in [0, 0.05) is 17.3 Å². The van der Waals surface area contributed by atoms with Gasteiger partial charge in [-0.15, -0.1) is 10.2 Å². The molecule has 0 radical (unpaired) electrons. The number of para-hydroxylation sites is 1. The number of carbonyl (C=O) groups excluding carboxylic acids is 1. The highest BCUT2D eigenvalue weighted by Gasteiger charge is 2.24. The minimum absolute atomic E-state index is 0.0384. The molecule has 1 saturated carbocycles. The first-order valence-electron chi connectivity index (χ1n) is 10.7. The van der Waals surface area contributed by atoms with Gasteiger partial charge < -0.3 is 10.1 Å². The first kappa shape index (κ1) is 21.4. The van der Waals surface area contributed by atoms with Gasteiger partial charge in [-0.3, -0.25) is 9.36 Å². The van der Waals surface area contributed by atoms with E-state index in [0.717, 1.165) is 46.4 Å². The van der Waals surface area contributed by atoms with Crippen molar-refractivity contribution in [2.45, 2.75) is 50.2 Å². The molecule has 1 N–H and O–H groups in total. The van der Waals surface area contributed by atoms with Crippen LogP contribution in [0.5, 0.6) is 5.75 Å². The van der Waals surface area contributed by atoms with Crippen molar-refractivity contribution in [3.05, 3.63) is 54.1 Å². The molecule has 0 aliphatic heterocycles. The third-order valence-corrected chi connectivity index (χ3v) is 6.65. The summed E-state index contributed by atoms with van der Waals surface area (Å²) in [5, 5.41) is 12.8. The van der Waals surface area contributed by atoms with Crippen molar-refractivity contribution >= 4 is 23.4 Å². The normalized spacial score (nSPS) is 14.4. The number of ether oxygens (including phenoxy) is 1. The maximum Gasteiger partial charge on any atom is 0.234 e. The Hall–Kier alpha value is -2.80. The van der Waals surface area contributed by atoms with Gasteiger partial charge in [-0.1, -0.05) is 49.2 Å². The number of benzene rings is 2. The molecule has 31 heavy (non-hydrogen) atoms. The van der Waals surface area contributed by atoms with E-state index in [-0.39, 0.29) is 5.91 Å². The van der Waals surface area contributed by atoms with Crippen LogP contribution in [0.2, 0.25) is 0 Å². The summed E-state index contributed by atoms with van der Waals surface area (Å²) >= 11 is 1.45. The zero-order chi connectivity index (χ0) is 21.6. The number of anilines is 1. The number of hydrogen-bond acceptors (Lipinski definition) is 5. The Morgan fingerprint density at radius 2 is 1.84 bits per heavy atom. The van der Waals surface area contributed by atoms with Crippen LogP contribution < -0.4 is 10.1 Å². The van der Waals surface area contributed by atoms with Gasteiger partial charge in [0.05, 0.1) is 12.9 Å². The Morgan fingerprint density at radius 3 is 2.55 bits per heavy atom. The van der Waals surface area contributed by atoms with Crippen molar-refractivity contribution in [3.8, 4) is 17.1 Å². The van der Waals surface area contributed by atoms with Gasteiger partial charge in [0.2, 0.25) is 5.91 Å². The van der Waals surface area contributed by atoms with Gasteiger partial charge in [-0.05, 0) is 55.7 Å². The minimum Gasteiger partial charge on any atom is -0.497 e. The summed E-state index contributed by atoms with van der Waals surface area (Å²) in [5.74, 6) is 1.93. The Morgan fingerprint density at radius 1 is 1.10 bits per heavy atom. The number of aryl methyl sites for hydroxylation is 1. The number of aromatic nitrogens is 3. The van der Waals surface area contributed by atoms with Crippen LogP contribution in [0.15, 0.2) is 53.7 Å². The van der Waals surface area contributed by atoms with Crippen molar-refractivity contribution in [1.82, 2.24) is 14.8 Å². The monoisotopic (exact) mass is 436 g/mol. The van der Waals surface area contributed by atoms with Crippen molar-refractivity contribution in [2.75, 3.05) is 18.2 Å². The second kappa shape index (κ2) is 10.0. The lowest BCUT2D eigenvalue weighted by atomic mass is 9.95. The lowest BCUT2D eigenvalue weighted by Gasteiger charge is -2.25. The first-order valence-corrected chi connectivity index (χ1v) is 11.7. The molecule has 0 saturated heterocycles. The second-order valence-corrected chi connectivity index (χ2v) is 8.79. The molecule has 0 atom stereocenters. The second-order valence-electron chi connectivity index (χ2n) is 7.85. The molecule has 0 bridgehead atoms. The predicted molar refractivity (Wildman–Crippen MR) is 125 cm³/mol. The molecule has 3 aromatic rings. The van der Waals surface area contributed by atoms with Crippen molar-refractivity contribution in [3.63, 3.8) is 0 Å². The molecular weight excluding hydrogens is 408 g/mol. The van der Waals surface area contributed by atoms with E-state index in [4.69, 9.17) is 4.74 Å². The molecular formula is C24H28N4O2S. The maximum absolute atomic E-state index is 12.6. The van der Waals surface area contributed by atoms with Crippen LogP contribution in [0, 0.1) is 6.92 Å². The van der Waals surface area contributed by atoms with Crippen LogP contribution in [-0.4, -0.2) is 33.5 Å². The molecule has 1 heterocycles. The van der Waals surface area contributed by atoms with E-state index in [1.54, 1.807) is 7.11 Å². The molecule has 1 aliphatic carbocycles. The third-order valence-electron chi connectivity index (χ3n) is 5.70. The molecule has 1 aliphatic rings. The fourth-order valence-corrected chi connectivity index (χ4v) is 4.82. The summed E-state index contributed by atoms with van der Waals surface area (Å²) in [6.07, 6.45) is 5.93. The number of methoxy groups -OCH3 is 1. The van der Waals surface area contributed by atoms with E-state index in [9.17, 15) is 4.79 Å². The van der Waals surface area contributed by atoms with Crippen LogP contribution in [0.25, 0.3) is 11.4 Å². The SMILES string of the molecule is COc1ccc(-c2nnc(SCC(=O)Nc3ccccc3C)n2C2CCCCC2)cc1. The highest BCUT2D eigenvalue weighted by atomic mass is 32.2. The highest BCUT2D eigenvalue weighted by Crippen LogP contribution is 2.36. The molecule has 1 fully saturated rings. The van der Waals surface area contributed by atoms with Gasteiger partial charge >= 0.3 is 0 Å². The molecule has 7 heteroatoms. The number of rotatable bonds is 7. The topological polar surface area (TPSA) is 69.0 Å². The third kappa shape index (κ3) is 5.10. The summed E-state index contributed by atoms with van der Waals surface area (Å²) in [6, 6.07) is 16.1. The molecule has 0 spiro atoms. The van der Waals surface area contributed by atoms with E-state index in [1.807, 2.05) is 55.5 Å². The number of hydrogen-bond donors (Lipinski definition) is 1. The Balaban J connectivity index is 1.54. The zero-order valence-electron chi connectivity index (χ0n) is 18.0. The van der Waals surface area contributed by atoms with Crippen LogP contribution >= 0.6 is 11.8 Å². The van der Waals surface area contributed by atoms with E-state index < -0.39 is 0 Å². The average molecular weight is 437 g/mol. The van der Waals surface area contributed by atoms with Crippen LogP contribution in [0.4, 0.5) is 5.69 Å². The van der Waals surface area contributed by atoms with E-state index in [1.165, 1.54) is 31.0 Å². The number of nitrogens with one attached hydrogen (secondary N) is 1. The van der Waals surface area contributed by atoms with Crippen LogP contribution in [0.3, 0.4) is 0 Å². The van der Waals surface area contributed by atoms with Crippen LogP contribution in [-0.2, 0) is 4.79 Å². The summed E-state index contributed by atoms with van der Waals surface area (Å²) in [6.45, 7) is 1.99. The first-order chi connectivity index (χ1) is 15.2. The van der Waals surface area contributed by atoms with E-state index in [2.05, 4.69) is 20.1 Å². The van der Waals surface area contributed by atoms with Crippen molar-refractivity contribution in [2.24, 2.45) is 0 Å². The molecule has 0 unspecified atom stereocenters.